The highest BCUT2D eigenvalue weighted by molar-refractivity contribution is 6.39. The van der Waals surface area contributed by atoms with Gasteiger partial charge < -0.3 is 20.1 Å². The van der Waals surface area contributed by atoms with Crippen molar-refractivity contribution >= 4 is 41.3 Å². The highest BCUT2D eigenvalue weighted by atomic mass is 16.5. The third kappa shape index (κ3) is 8.10. The maximum absolute atomic E-state index is 12.0. The molecule has 3 aromatic rings. The molecule has 0 fully saturated rings. The Morgan fingerprint density at radius 2 is 1.47 bits per heavy atom. The van der Waals surface area contributed by atoms with E-state index in [0.29, 0.717) is 28.3 Å². The molecule has 0 spiro atoms. The predicted octanol–water partition coefficient (Wildman–Crippen LogP) is 2.97. The van der Waals surface area contributed by atoms with Gasteiger partial charge in [0.15, 0.2) is 6.61 Å². The lowest BCUT2D eigenvalue weighted by Crippen LogP contribution is -2.32. The van der Waals surface area contributed by atoms with E-state index in [1.807, 2.05) is 18.2 Å². The van der Waals surface area contributed by atoms with E-state index < -0.39 is 17.8 Å². The first-order chi connectivity index (χ1) is 17.4. The van der Waals surface area contributed by atoms with E-state index >= 15 is 0 Å². The molecule has 3 aromatic carbocycles. The van der Waals surface area contributed by atoms with E-state index in [-0.39, 0.29) is 19.1 Å². The van der Waals surface area contributed by atoms with Gasteiger partial charge in [-0.3, -0.25) is 14.4 Å². The van der Waals surface area contributed by atoms with Gasteiger partial charge in [0.05, 0.1) is 18.4 Å². The summed E-state index contributed by atoms with van der Waals surface area (Å²) in [5.41, 5.74) is 4.11. The molecular weight excluding hydrogens is 464 g/mol. The van der Waals surface area contributed by atoms with Crippen molar-refractivity contribution in [3.63, 3.8) is 0 Å². The largest absolute Gasteiger partial charge is 0.484 e. The van der Waals surface area contributed by atoms with Crippen LogP contribution >= 0.6 is 0 Å². The van der Waals surface area contributed by atoms with Gasteiger partial charge in [0, 0.05) is 11.4 Å². The van der Waals surface area contributed by atoms with Crippen LogP contribution in [0.2, 0.25) is 0 Å². The number of esters is 1. The molecule has 36 heavy (non-hydrogen) atoms. The van der Waals surface area contributed by atoms with Crippen molar-refractivity contribution in [2.45, 2.75) is 6.92 Å². The Morgan fingerprint density at radius 1 is 0.806 bits per heavy atom. The fraction of sp³-hybridized carbons (Fsp3) is 0.115. The van der Waals surface area contributed by atoms with Crippen molar-refractivity contribution in [1.29, 1.82) is 0 Å². The van der Waals surface area contributed by atoms with Crippen LogP contribution < -0.4 is 20.8 Å². The fourth-order valence-electron chi connectivity index (χ4n) is 2.83. The normalized spacial score (nSPS) is 10.4. The number of carbonyl (C=O) groups is 4. The monoisotopic (exact) mass is 488 g/mol. The molecule has 0 aliphatic carbocycles. The molecule has 0 saturated heterocycles. The Kier molecular flexibility index (Phi) is 9.28. The molecule has 0 radical (unpaired) electrons. The number of ether oxygens (including phenoxy) is 2. The lowest BCUT2D eigenvalue weighted by Gasteiger charge is -2.07. The van der Waals surface area contributed by atoms with Gasteiger partial charge in [-0.1, -0.05) is 18.2 Å². The molecule has 10 heteroatoms. The minimum atomic E-state index is -0.967. The van der Waals surface area contributed by atoms with Gasteiger partial charge in [0.1, 0.15) is 5.75 Å². The summed E-state index contributed by atoms with van der Waals surface area (Å²) in [5, 5.41) is 8.89. The molecule has 3 amide bonds. The van der Waals surface area contributed by atoms with Gasteiger partial charge in [-0.2, -0.15) is 5.10 Å². The van der Waals surface area contributed by atoms with Crippen LogP contribution in [0.15, 0.2) is 84.0 Å². The summed E-state index contributed by atoms with van der Waals surface area (Å²) in [7, 11) is 0. The lowest BCUT2D eigenvalue weighted by atomic mass is 10.2. The number of hydrogen-bond donors (Lipinski definition) is 3. The Morgan fingerprint density at radius 3 is 2.14 bits per heavy atom. The van der Waals surface area contributed by atoms with E-state index in [9.17, 15) is 19.2 Å². The van der Waals surface area contributed by atoms with Gasteiger partial charge in [0.25, 0.3) is 5.91 Å². The van der Waals surface area contributed by atoms with E-state index in [0.717, 1.165) is 0 Å². The zero-order valence-corrected chi connectivity index (χ0v) is 19.4. The van der Waals surface area contributed by atoms with Crippen LogP contribution in [0, 0.1) is 0 Å². The molecule has 0 saturated carbocycles. The predicted molar refractivity (Wildman–Crippen MR) is 134 cm³/mol. The summed E-state index contributed by atoms with van der Waals surface area (Å²) in [6.45, 7) is 1.80. The molecule has 0 unspecified atom stereocenters. The van der Waals surface area contributed by atoms with E-state index in [2.05, 4.69) is 21.2 Å². The standard InChI is InChI=1S/C26H24N4O6/c1-2-35-26(34)19-10-12-21(13-11-19)29-24(32)25(33)30-27-16-18-8-14-22(15-9-18)36-17-23(31)28-20-6-4-3-5-7-20/h3-16H,2,17H2,1H3,(H,28,31)(H,29,32)(H,30,33)/b27-16+. The van der Waals surface area contributed by atoms with Crippen molar-refractivity contribution in [3.8, 4) is 5.75 Å². The second-order valence-electron chi connectivity index (χ2n) is 7.22. The fourth-order valence-corrected chi connectivity index (χ4v) is 2.83. The van der Waals surface area contributed by atoms with Crippen LogP contribution in [0.5, 0.6) is 5.75 Å². The van der Waals surface area contributed by atoms with Gasteiger partial charge in [-0.25, -0.2) is 10.2 Å². The molecule has 0 bridgehead atoms. The maximum atomic E-state index is 12.0. The van der Waals surface area contributed by atoms with E-state index in [4.69, 9.17) is 9.47 Å². The molecular formula is C26H24N4O6. The number of hydrazone groups is 1. The van der Waals surface area contributed by atoms with Crippen LogP contribution in [0.1, 0.15) is 22.8 Å². The second kappa shape index (κ2) is 13.0. The first-order valence-corrected chi connectivity index (χ1v) is 10.9. The molecule has 0 atom stereocenters. The van der Waals surface area contributed by atoms with Crippen LogP contribution in [0.4, 0.5) is 11.4 Å². The van der Waals surface area contributed by atoms with Crippen LogP contribution in [-0.4, -0.2) is 43.1 Å². The van der Waals surface area contributed by atoms with Crippen molar-refractivity contribution < 1.29 is 28.7 Å². The van der Waals surface area contributed by atoms with Crippen LogP contribution in [0.3, 0.4) is 0 Å². The summed E-state index contributed by atoms with van der Waals surface area (Å²) >= 11 is 0. The molecule has 3 rings (SSSR count). The third-order valence-electron chi connectivity index (χ3n) is 4.55. The molecule has 0 aromatic heterocycles. The molecule has 0 heterocycles. The average molecular weight is 489 g/mol. The highest BCUT2D eigenvalue weighted by Gasteiger charge is 2.13. The number of nitrogens with zero attached hydrogens (tertiary/aromatic N) is 1. The summed E-state index contributed by atoms with van der Waals surface area (Å²) in [6.07, 6.45) is 1.35. The van der Waals surface area contributed by atoms with Crippen LogP contribution in [-0.2, 0) is 19.1 Å². The third-order valence-corrected chi connectivity index (χ3v) is 4.55. The topological polar surface area (TPSA) is 135 Å². The summed E-state index contributed by atoms with van der Waals surface area (Å²) < 4.78 is 10.3. The Bertz CT molecular complexity index is 1230. The molecule has 0 aliphatic heterocycles. The molecule has 184 valence electrons. The number of nitrogens with one attached hydrogen (secondary N) is 3. The van der Waals surface area contributed by atoms with E-state index in [1.54, 1.807) is 43.3 Å². The number of para-hydroxylation sites is 1. The Balaban J connectivity index is 1.42. The Hall–Kier alpha value is -4.99. The molecule has 0 aliphatic rings. The average Bonchev–Trinajstić information content (AvgIpc) is 2.89. The zero-order valence-electron chi connectivity index (χ0n) is 19.4. The zero-order chi connectivity index (χ0) is 25.8. The van der Waals surface area contributed by atoms with Gasteiger partial charge in [0.2, 0.25) is 0 Å². The number of benzene rings is 3. The quantitative estimate of drug-likeness (QED) is 0.183. The van der Waals surface area contributed by atoms with Crippen molar-refractivity contribution in [2.24, 2.45) is 5.10 Å². The first-order valence-electron chi connectivity index (χ1n) is 10.9. The number of carbonyl (C=O) groups excluding carboxylic acids is 4. The highest BCUT2D eigenvalue weighted by Crippen LogP contribution is 2.12. The lowest BCUT2D eigenvalue weighted by molar-refractivity contribution is -0.136. The minimum absolute atomic E-state index is 0.154. The summed E-state index contributed by atoms with van der Waals surface area (Å²) in [6, 6.07) is 21.6. The van der Waals surface area contributed by atoms with Gasteiger partial charge in [-0.15, -0.1) is 0 Å². The number of anilines is 2. The number of hydrogen-bond acceptors (Lipinski definition) is 7. The van der Waals surface area contributed by atoms with Crippen LogP contribution in [0.25, 0.3) is 0 Å². The number of rotatable bonds is 9. The maximum Gasteiger partial charge on any atom is 0.338 e. The summed E-state index contributed by atoms with van der Waals surface area (Å²) in [4.78, 5) is 47.6. The second-order valence-corrected chi connectivity index (χ2v) is 7.22. The van der Waals surface area contributed by atoms with Crippen molar-refractivity contribution in [3.05, 3.63) is 90.0 Å². The molecule has 3 N–H and O–H groups in total. The smallest absolute Gasteiger partial charge is 0.338 e. The number of amides is 3. The van der Waals surface area contributed by atoms with Gasteiger partial charge >= 0.3 is 17.8 Å². The SMILES string of the molecule is CCOC(=O)c1ccc(NC(=O)C(=O)N/N=C/c2ccc(OCC(=O)Nc3ccccc3)cc2)cc1. The first kappa shape index (κ1) is 25.6. The van der Waals surface area contributed by atoms with E-state index in [1.165, 1.54) is 30.5 Å². The minimum Gasteiger partial charge on any atom is -0.484 e. The van der Waals surface area contributed by atoms with Crippen molar-refractivity contribution in [2.75, 3.05) is 23.8 Å². The summed E-state index contributed by atoms with van der Waals surface area (Å²) in [5.74, 6) is -2.18. The van der Waals surface area contributed by atoms with Crippen molar-refractivity contribution in [1.82, 2.24) is 5.43 Å². The van der Waals surface area contributed by atoms with Gasteiger partial charge in [-0.05, 0) is 73.2 Å². The Labute approximate surface area is 207 Å². The molecule has 10 nitrogen and oxygen atoms in total.